The van der Waals surface area contributed by atoms with Crippen LogP contribution >= 0.6 is 0 Å². The standard InChI is InChI=1S/C28H48O4Si/c1-7-10-23-26-22(25(29)16-15-24(26)28(23)30-17-18-31-28)14-13-21(19-20-11-8-9-12-20)32-33(5,6)27(2,3)4/h20-26,29H,7-12,15-19H2,1-6H3/t21-,22+,23?,24+,25-,26+/m1/s1. The summed E-state index contributed by atoms with van der Waals surface area (Å²) in [4.78, 5) is 0. The van der Waals surface area contributed by atoms with Gasteiger partial charge in [0.05, 0.1) is 25.2 Å². The summed E-state index contributed by atoms with van der Waals surface area (Å²) in [6.07, 6.45) is 9.96. The normalized spacial score (nSPS) is 35.1. The van der Waals surface area contributed by atoms with Gasteiger partial charge in [-0.05, 0) is 55.7 Å². The molecule has 4 nitrogen and oxygen atoms in total. The van der Waals surface area contributed by atoms with E-state index in [0.29, 0.717) is 31.0 Å². The van der Waals surface area contributed by atoms with Gasteiger partial charge in [0, 0.05) is 11.8 Å². The highest BCUT2D eigenvalue weighted by Gasteiger charge is 2.68. The lowest BCUT2D eigenvalue weighted by atomic mass is 9.49. The van der Waals surface area contributed by atoms with Crippen molar-refractivity contribution in [2.75, 3.05) is 13.2 Å². The summed E-state index contributed by atoms with van der Waals surface area (Å²) in [5.74, 6) is 8.68. The van der Waals surface area contributed by atoms with Gasteiger partial charge >= 0.3 is 0 Å². The molecule has 0 aromatic heterocycles. The maximum atomic E-state index is 11.1. The van der Waals surface area contributed by atoms with Crippen molar-refractivity contribution in [2.45, 2.75) is 122 Å². The molecule has 1 spiro atoms. The Hall–Kier alpha value is -0.383. The fourth-order valence-electron chi connectivity index (χ4n) is 6.83. The van der Waals surface area contributed by atoms with E-state index in [2.05, 4.69) is 52.6 Å². The minimum atomic E-state index is -1.92. The molecule has 0 bridgehead atoms. The Morgan fingerprint density at radius 1 is 1.09 bits per heavy atom. The summed E-state index contributed by atoms with van der Waals surface area (Å²) in [5, 5.41) is 11.2. The van der Waals surface area contributed by atoms with E-state index in [1.807, 2.05) is 0 Å². The first-order valence-electron chi connectivity index (χ1n) is 13.7. The van der Waals surface area contributed by atoms with E-state index in [9.17, 15) is 5.11 Å². The number of aliphatic hydroxyl groups is 1. The van der Waals surface area contributed by atoms with Gasteiger partial charge in [-0.3, -0.25) is 0 Å². The Kier molecular flexibility index (Phi) is 7.74. The molecule has 1 N–H and O–H groups in total. The molecule has 1 saturated heterocycles. The van der Waals surface area contributed by atoms with Gasteiger partial charge in [0.1, 0.15) is 6.10 Å². The number of hydrogen-bond acceptors (Lipinski definition) is 4. The first kappa shape index (κ1) is 25.7. The van der Waals surface area contributed by atoms with Gasteiger partial charge in [0.2, 0.25) is 0 Å². The van der Waals surface area contributed by atoms with Crippen LogP contribution in [0, 0.1) is 41.4 Å². The molecule has 0 aromatic carbocycles. The summed E-state index contributed by atoms with van der Waals surface area (Å²) in [6, 6.07) is 0. The summed E-state index contributed by atoms with van der Waals surface area (Å²) in [5.41, 5.74) is 0. The third-order valence-corrected chi connectivity index (χ3v) is 14.1. The Labute approximate surface area is 203 Å². The van der Waals surface area contributed by atoms with Crippen molar-refractivity contribution in [1.29, 1.82) is 0 Å². The van der Waals surface area contributed by atoms with Crippen LogP contribution in [0.2, 0.25) is 18.1 Å². The van der Waals surface area contributed by atoms with Crippen LogP contribution < -0.4 is 0 Å². The Bertz CT molecular complexity index is 720. The molecule has 188 valence electrons. The first-order chi connectivity index (χ1) is 15.6. The second-order valence-corrected chi connectivity index (χ2v) is 17.5. The summed E-state index contributed by atoms with van der Waals surface area (Å²) in [7, 11) is -1.92. The van der Waals surface area contributed by atoms with Crippen LogP contribution in [0.1, 0.15) is 85.5 Å². The van der Waals surface area contributed by atoms with Gasteiger partial charge in [-0.2, -0.15) is 0 Å². The van der Waals surface area contributed by atoms with Gasteiger partial charge in [-0.15, -0.1) is 0 Å². The molecule has 0 amide bonds. The molecule has 33 heavy (non-hydrogen) atoms. The van der Waals surface area contributed by atoms with Crippen LogP contribution in [0.3, 0.4) is 0 Å². The van der Waals surface area contributed by atoms with E-state index < -0.39 is 14.1 Å². The monoisotopic (exact) mass is 476 g/mol. The van der Waals surface area contributed by atoms with Crippen molar-refractivity contribution in [2.24, 2.45) is 29.6 Å². The fraction of sp³-hybridized carbons (Fsp3) is 0.929. The minimum Gasteiger partial charge on any atom is -0.403 e. The predicted molar refractivity (Wildman–Crippen MR) is 135 cm³/mol. The van der Waals surface area contributed by atoms with Crippen LogP contribution in [0.25, 0.3) is 0 Å². The topological polar surface area (TPSA) is 47.9 Å². The van der Waals surface area contributed by atoms with E-state index >= 15 is 0 Å². The van der Waals surface area contributed by atoms with Gasteiger partial charge in [-0.25, -0.2) is 0 Å². The molecule has 4 aliphatic rings. The molecule has 6 atom stereocenters. The average Bonchev–Trinajstić information content (AvgIpc) is 3.43. The molecule has 0 aromatic rings. The van der Waals surface area contributed by atoms with Crippen molar-refractivity contribution in [3.05, 3.63) is 0 Å². The van der Waals surface area contributed by atoms with E-state index in [1.54, 1.807) is 0 Å². The molecule has 1 aliphatic heterocycles. The molecule has 5 heteroatoms. The molecule has 1 heterocycles. The van der Waals surface area contributed by atoms with E-state index in [1.165, 1.54) is 25.7 Å². The highest BCUT2D eigenvalue weighted by atomic mass is 28.4. The van der Waals surface area contributed by atoms with Crippen molar-refractivity contribution < 1.29 is 19.0 Å². The lowest BCUT2D eigenvalue weighted by Gasteiger charge is -2.62. The van der Waals surface area contributed by atoms with Gasteiger partial charge in [0.25, 0.3) is 0 Å². The zero-order chi connectivity index (χ0) is 23.9. The predicted octanol–water partition coefficient (Wildman–Crippen LogP) is 6.14. The molecule has 3 aliphatic carbocycles. The SMILES string of the molecule is CCCC1[C@@H]2[C@@H](C#C[C@H](CC3CCCC3)O[Si](C)(C)C(C)(C)C)[C@H](O)CC[C@@H]2C12OCCO2. The van der Waals surface area contributed by atoms with Crippen molar-refractivity contribution >= 4 is 8.32 Å². The summed E-state index contributed by atoms with van der Waals surface area (Å²) >= 11 is 0. The smallest absolute Gasteiger partial charge is 0.193 e. The summed E-state index contributed by atoms with van der Waals surface area (Å²) in [6.45, 7) is 15.2. The Morgan fingerprint density at radius 2 is 1.76 bits per heavy atom. The van der Waals surface area contributed by atoms with Crippen molar-refractivity contribution in [3.63, 3.8) is 0 Å². The molecular weight excluding hydrogens is 428 g/mol. The minimum absolute atomic E-state index is 0.00724. The highest BCUT2D eigenvalue weighted by molar-refractivity contribution is 6.74. The third-order valence-electron chi connectivity index (χ3n) is 9.58. The number of rotatable bonds is 6. The first-order valence-corrected chi connectivity index (χ1v) is 16.6. The number of hydrogen-bond donors (Lipinski definition) is 1. The molecular formula is C28H48O4Si. The van der Waals surface area contributed by atoms with Gasteiger partial charge in [0.15, 0.2) is 14.1 Å². The van der Waals surface area contributed by atoms with E-state index in [4.69, 9.17) is 13.9 Å². The fourth-order valence-corrected chi connectivity index (χ4v) is 8.05. The number of fused-ring (bicyclic) bond motifs is 2. The molecule has 1 unspecified atom stereocenters. The zero-order valence-electron chi connectivity index (χ0n) is 22.0. The molecule has 0 radical (unpaired) electrons. The van der Waals surface area contributed by atoms with E-state index in [0.717, 1.165) is 38.0 Å². The van der Waals surface area contributed by atoms with Gasteiger partial charge in [-0.1, -0.05) is 71.6 Å². The van der Waals surface area contributed by atoms with Crippen LogP contribution in [-0.2, 0) is 13.9 Å². The maximum absolute atomic E-state index is 11.1. The lowest BCUT2D eigenvalue weighted by Crippen LogP contribution is -2.67. The second-order valence-electron chi connectivity index (χ2n) is 12.7. The van der Waals surface area contributed by atoms with Gasteiger partial charge < -0.3 is 19.0 Å². The molecule has 4 fully saturated rings. The van der Waals surface area contributed by atoms with Crippen molar-refractivity contribution in [3.8, 4) is 11.8 Å². The van der Waals surface area contributed by atoms with Crippen LogP contribution in [0.15, 0.2) is 0 Å². The third kappa shape index (κ3) is 4.98. The number of aliphatic hydroxyl groups excluding tert-OH is 1. The Morgan fingerprint density at radius 3 is 2.36 bits per heavy atom. The largest absolute Gasteiger partial charge is 0.403 e. The van der Waals surface area contributed by atoms with Crippen LogP contribution in [-0.4, -0.2) is 44.6 Å². The maximum Gasteiger partial charge on any atom is 0.193 e. The number of ether oxygens (including phenoxy) is 2. The molecule has 4 rings (SSSR count). The summed E-state index contributed by atoms with van der Waals surface area (Å²) < 4.78 is 19.4. The Balaban J connectivity index is 1.56. The highest BCUT2D eigenvalue weighted by Crippen LogP contribution is 2.62. The molecule has 3 saturated carbocycles. The quantitative estimate of drug-likeness (QED) is 0.370. The zero-order valence-corrected chi connectivity index (χ0v) is 23.0. The van der Waals surface area contributed by atoms with Crippen LogP contribution in [0.5, 0.6) is 0 Å². The van der Waals surface area contributed by atoms with E-state index in [-0.39, 0.29) is 23.2 Å². The van der Waals surface area contributed by atoms with Crippen molar-refractivity contribution in [1.82, 2.24) is 0 Å². The second kappa shape index (κ2) is 9.94. The van der Waals surface area contributed by atoms with Crippen LogP contribution in [0.4, 0.5) is 0 Å². The lowest BCUT2D eigenvalue weighted by molar-refractivity contribution is -0.340. The average molecular weight is 477 g/mol.